The molecule has 3 fully saturated rings. The molecule has 252 valence electrons. The highest BCUT2D eigenvalue weighted by Crippen LogP contribution is 2.36. The fourth-order valence-corrected chi connectivity index (χ4v) is 6.49. The van der Waals surface area contributed by atoms with Crippen molar-refractivity contribution in [3.05, 3.63) is 52.7 Å². The van der Waals surface area contributed by atoms with Crippen molar-refractivity contribution in [3.8, 4) is 17.3 Å². The molecule has 1 aromatic carbocycles. The number of alkyl halides is 3. The quantitative estimate of drug-likeness (QED) is 0.245. The number of urea groups is 1. The molecule has 4 N–H and O–H groups in total. The van der Waals surface area contributed by atoms with Gasteiger partial charge >= 0.3 is 12.2 Å². The molecule has 3 aromatic rings. The van der Waals surface area contributed by atoms with E-state index in [1.807, 2.05) is 0 Å². The molecule has 3 atom stereocenters. The molecule has 2 saturated heterocycles. The molecule has 3 aliphatic rings. The molecule has 2 aromatic heterocycles. The lowest BCUT2D eigenvalue weighted by atomic mass is 9.86. The molecule has 48 heavy (non-hydrogen) atoms. The maximum absolute atomic E-state index is 13.6. The summed E-state index contributed by atoms with van der Waals surface area (Å²) in [6, 6.07) is 5.19. The Labute approximate surface area is 275 Å². The van der Waals surface area contributed by atoms with Crippen LogP contribution in [0.25, 0.3) is 11.3 Å². The Bertz CT molecular complexity index is 1810. The van der Waals surface area contributed by atoms with Crippen LogP contribution in [0.15, 0.2) is 30.6 Å². The van der Waals surface area contributed by atoms with Gasteiger partial charge in [0.05, 0.1) is 40.2 Å². The molecule has 2 bridgehead atoms. The van der Waals surface area contributed by atoms with Crippen molar-refractivity contribution >= 4 is 41.6 Å². The van der Waals surface area contributed by atoms with Crippen LogP contribution in [-0.4, -0.2) is 85.5 Å². The van der Waals surface area contributed by atoms with E-state index < -0.39 is 36.5 Å². The highest BCUT2D eigenvalue weighted by Gasteiger charge is 2.48. The SMILES string of the molecule is Cn1c(-c2cn(CC#N)nc2C(F)(F)F)cnc1C(=O)Nc1ccc(C(=O)N[C@H]2C[C@@H](NC(=O)N3CC4CC3C(OC=O)N4)C2)c(Cl)c1. The van der Waals surface area contributed by atoms with Gasteiger partial charge in [0.1, 0.15) is 6.54 Å². The number of carbonyl (C=O) groups excluding carboxylic acids is 4. The largest absolute Gasteiger partial charge is 0.447 e. The van der Waals surface area contributed by atoms with Gasteiger partial charge in [0.15, 0.2) is 17.7 Å². The molecule has 19 heteroatoms. The summed E-state index contributed by atoms with van der Waals surface area (Å²) < 4.78 is 47.9. The third-order valence-electron chi connectivity index (χ3n) is 8.56. The topological polar surface area (TPSA) is 188 Å². The molecular weight excluding hydrogens is 661 g/mol. The third kappa shape index (κ3) is 6.38. The van der Waals surface area contributed by atoms with Crippen molar-refractivity contribution in [2.75, 3.05) is 11.9 Å². The van der Waals surface area contributed by atoms with E-state index in [1.54, 1.807) is 11.0 Å². The van der Waals surface area contributed by atoms with Crippen molar-refractivity contribution in [1.82, 2.24) is 40.2 Å². The summed E-state index contributed by atoms with van der Waals surface area (Å²) in [5.74, 6) is -1.41. The van der Waals surface area contributed by atoms with Crippen LogP contribution in [0.3, 0.4) is 0 Å². The Morgan fingerprint density at radius 2 is 1.94 bits per heavy atom. The maximum Gasteiger partial charge on any atom is 0.435 e. The van der Waals surface area contributed by atoms with E-state index in [0.717, 1.165) is 17.1 Å². The van der Waals surface area contributed by atoms with E-state index in [4.69, 9.17) is 21.6 Å². The Hall–Kier alpha value is -5.15. The van der Waals surface area contributed by atoms with Crippen molar-refractivity contribution in [2.24, 2.45) is 7.05 Å². The van der Waals surface area contributed by atoms with E-state index >= 15 is 0 Å². The minimum absolute atomic E-state index is 0.0412. The average molecular weight is 689 g/mol. The first-order valence-corrected chi connectivity index (χ1v) is 15.1. The normalized spacial score (nSPS) is 22.8. The number of nitrogens with zero attached hydrogens (tertiary/aromatic N) is 6. The Morgan fingerprint density at radius 3 is 2.60 bits per heavy atom. The summed E-state index contributed by atoms with van der Waals surface area (Å²) >= 11 is 6.37. The molecule has 3 unspecified atom stereocenters. The van der Waals surface area contributed by atoms with Gasteiger partial charge in [-0.05, 0) is 37.5 Å². The second kappa shape index (κ2) is 12.8. The van der Waals surface area contributed by atoms with Gasteiger partial charge in [0.25, 0.3) is 18.3 Å². The van der Waals surface area contributed by atoms with Crippen molar-refractivity contribution < 1.29 is 37.1 Å². The zero-order chi connectivity index (χ0) is 34.3. The van der Waals surface area contributed by atoms with Crippen LogP contribution in [0.4, 0.5) is 23.7 Å². The first kappa shape index (κ1) is 32.8. The number of likely N-dealkylation sites (tertiary alicyclic amines) is 1. The number of fused-ring (bicyclic) bond motifs is 2. The minimum Gasteiger partial charge on any atom is -0.447 e. The number of hydrogen-bond acceptors (Lipinski definition) is 9. The predicted molar refractivity (Wildman–Crippen MR) is 160 cm³/mol. The number of piperazine rings is 1. The maximum atomic E-state index is 13.6. The zero-order valence-electron chi connectivity index (χ0n) is 25.1. The van der Waals surface area contributed by atoms with Crippen LogP contribution < -0.4 is 21.3 Å². The second-order valence-electron chi connectivity index (χ2n) is 11.7. The van der Waals surface area contributed by atoms with Gasteiger partial charge in [-0.1, -0.05) is 11.6 Å². The molecule has 15 nitrogen and oxygen atoms in total. The average Bonchev–Trinajstić information content (AvgIpc) is 3.79. The second-order valence-corrected chi connectivity index (χ2v) is 12.1. The van der Waals surface area contributed by atoms with Gasteiger partial charge in [-0.2, -0.15) is 23.5 Å². The number of benzene rings is 1. The van der Waals surface area contributed by atoms with Gasteiger partial charge in [0.2, 0.25) is 0 Å². The van der Waals surface area contributed by atoms with Crippen LogP contribution in [-0.2, 0) is 29.3 Å². The summed E-state index contributed by atoms with van der Waals surface area (Å²) in [6.45, 7) is 0.474. The number of halogens is 4. The highest BCUT2D eigenvalue weighted by molar-refractivity contribution is 6.34. The number of ether oxygens (including phenoxy) is 1. The molecule has 4 heterocycles. The van der Waals surface area contributed by atoms with Gasteiger partial charge < -0.3 is 30.2 Å². The molecule has 1 saturated carbocycles. The molecule has 2 aliphatic heterocycles. The van der Waals surface area contributed by atoms with Gasteiger partial charge in [-0.15, -0.1) is 0 Å². The zero-order valence-corrected chi connectivity index (χ0v) is 25.9. The van der Waals surface area contributed by atoms with E-state index in [2.05, 4.69) is 31.3 Å². The van der Waals surface area contributed by atoms with Crippen molar-refractivity contribution in [3.63, 3.8) is 0 Å². The van der Waals surface area contributed by atoms with Crippen LogP contribution in [0.5, 0.6) is 0 Å². The number of aromatic nitrogens is 4. The van der Waals surface area contributed by atoms with Gasteiger partial charge in [0, 0.05) is 43.6 Å². The van der Waals surface area contributed by atoms with Gasteiger partial charge in [-0.25, -0.2) is 9.78 Å². The lowest BCUT2D eigenvalue weighted by Gasteiger charge is -2.39. The van der Waals surface area contributed by atoms with Crippen LogP contribution in [0, 0.1) is 11.3 Å². The summed E-state index contributed by atoms with van der Waals surface area (Å²) in [5.41, 5.74) is -1.25. The number of nitrogens with one attached hydrogen (secondary N) is 4. The first-order valence-electron chi connectivity index (χ1n) is 14.7. The smallest absolute Gasteiger partial charge is 0.435 e. The number of amides is 4. The molecule has 0 radical (unpaired) electrons. The van der Waals surface area contributed by atoms with Crippen LogP contribution in [0.1, 0.15) is 45.9 Å². The monoisotopic (exact) mass is 688 g/mol. The fourth-order valence-electron chi connectivity index (χ4n) is 6.22. The van der Waals surface area contributed by atoms with E-state index in [9.17, 15) is 32.3 Å². The summed E-state index contributed by atoms with van der Waals surface area (Å²) in [5, 5.41) is 23.9. The number of hydrogen-bond donors (Lipinski definition) is 4. The Kier molecular flexibility index (Phi) is 8.74. The molecule has 4 amide bonds. The summed E-state index contributed by atoms with van der Waals surface area (Å²) in [6.07, 6.45) is -1.46. The first-order chi connectivity index (χ1) is 22.9. The molecular formula is C29H28ClF3N10O5. The van der Waals surface area contributed by atoms with E-state index in [0.29, 0.717) is 32.3 Å². The molecule has 1 aliphatic carbocycles. The van der Waals surface area contributed by atoms with E-state index in [-0.39, 0.29) is 63.6 Å². The fraction of sp³-hybridized carbons (Fsp3) is 0.414. The number of carbonyl (C=O) groups is 4. The predicted octanol–water partition coefficient (Wildman–Crippen LogP) is 2.25. The summed E-state index contributed by atoms with van der Waals surface area (Å²) in [7, 11) is 1.36. The number of imidazole rings is 1. The van der Waals surface area contributed by atoms with Gasteiger partial charge in [-0.3, -0.25) is 24.4 Å². The van der Waals surface area contributed by atoms with Crippen molar-refractivity contribution in [2.45, 2.75) is 62.4 Å². The van der Waals surface area contributed by atoms with Crippen molar-refractivity contribution in [1.29, 1.82) is 5.26 Å². The standard InChI is InChI=1S/C29H28ClF3N10O5/c1-41-22(19-12-42(5-4-34)40-23(19)29(31,32)33)10-35-24(41)26(46)36-14-2-3-18(20(30)8-14)25(45)37-15-6-16(7-15)39-28(47)43-11-17-9-21(43)27(38-17)48-13-44/h2-3,8,10,12-13,15-17,21,27,38H,5-7,9,11H2,1H3,(H,36,46)(H,37,45)(H,39,47)/t15-,16+,17?,21?,27?. The minimum atomic E-state index is -4.81. The van der Waals surface area contributed by atoms with Crippen LogP contribution >= 0.6 is 11.6 Å². The van der Waals surface area contributed by atoms with Crippen LogP contribution in [0.2, 0.25) is 5.02 Å². The lowest BCUT2D eigenvalue weighted by molar-refractivity contribution is -0.141. The third-order valence-corrected chi connectivity index (χ3v) is 8.87. The number of nitriles is 1. The Balaban J connectivity index is 1.03. The Morgan fingerprint density at radius 1 is 1.19 bits per heavy atom. The van der Waals surface area contributed by atoms with E-state index in [1.165, 1.54) is 29.8 Å². The summed E-state index contributed by atoms with van der Waals surface area (Å²) in [4.78, 5) is 55.1. The lowest BCUT2D eigenvalue weighted by Crippen LogP contribution is -2.60. The molecule has 0 spiro atoms. The number of anilines is 1. The molecule has 6 rings (SSSR count). The highest BCUT2D eigenvalue weighted by atomic mass is 35.5. The number of rotatable bonds is 9.